The van der Waals surface area contributed by atoms with E-state index in [0.717, 1.165) is 5.69 Å². The third-order valence-electron chi connectivity index (χ3n) is 4.20. The van der Waals surface area contributed by atoms with E-state index in [1.54, 1.807) is 61.8 Å². The maximum Gasteiger partial charge on any atom is 0.274 e. The van der Waals surface area contributed by atoms with Crippen molar-refractivity contribution in [1.29, 1.82) is 0 Å². The monoisotopic (exact) mass is 391 g/mol. The summed E-state index contributed by atoms with van der Waals surface area (Å²) in [7, 11) is 3.08. The van der Waals surface area contributed by atoms with Gasteiger partial charge in [0, 0.05) is 23.0 Å². The number of amides is 1. The van der Waals surface area contributed by atoms with Crippen LogP contribution in [0.3, 0.4) is 0 Å². The molecule has 0 bridgehead atoms. The van der Waals surface area contributed by atoms with E-state index in [4.69, 9.17) is 9.47 Å². The fourth-order valence-electron chi connectivity index (χ4n) is 2.69. The van der Waals surface area contributed by atoms with Gasteiger partial charge in [0.15, 0.2) is 17.3 Å². The summed E-state index contributed by atoms with van der Waals surface area (Å²) in [6.07, 6.45) is 1.56. The van der Waals surface area contributed by atoms with Crippen LogP contribution < -0.4 is 20.1 Å². The van der Waals surface area contributed by atoms with Crippen LogP contribution >= 0.6 is 0 Å². The van der Waals surface area contributed by atoms with Crippen molar-refractivity contribution in [3.63, 3.8) is 0 Å². The minimum atomic E-state index is -0.345. The average molecular weight is 391 g/mol. The lowest BCUT2D eigenvalue weighted by Gasteiger charge is -2.11. The first kappa shape index (κ1) is 19.9. The molecule has 2 N–H and O–H groups in total. The topological polar surface area (TPSA) is 89.6 Å². The number of anilines is 3. The molecule has 1 amide bonds. The molecule has 0 aliphatic carbocycles. The second kappa shape index (κ2) is 8.88. The molecule has 3 aromatic rings. The molecule has 2 aromatic carbocycles. The maximum absolute atomic E-state index is 12.5. The highest BCUT2D eigenvalue weighted by atomic mass is 16.5. The summed E-state index contributed by atoms with van der Waals surface area (Å²) in [5.41, 5.74) is 2.92. The number of rotatable bonds is 7. The third kappa shape index (κ3) is 4.90. The predicted octanol–water partition coefficient (Wildman–Crippen LogP) is 4.30. The van der Waals surface area contributed by atoms with Crippen LogP contribution in [-0.4, -0.2) is 30.9 Å². The van der Waals surface area contributed by atoms with Gasteiger partial charge >= 0.3 is 0 Å². The molecule has 7 heteroatoms. The van der Waals surface area contributed by atoms with E-state index in [2.05, 4.69) is 15.6 Å². The maximum atomic E-state index is 12.5. The molecule has 0 saturated carbocycles. The molecule has 3 rings (SSSR count). The van der Waals surface area contributed by atoms with Gasteiger partial charge in [-0.25, -0.2) is 4.98 Å². The molecule has 0 radical (unpaired) electrons. The van der Waals surface area contributed by atoms with E-state index in [9.17, 15) is 9.59 Å². The van der Waals surface area contributed by atoms with Crippen molar-refractivity contribution < 1.29 is 19.1 Å². The summed E-state index contributed by atoms with van der Waals surface area (Å²) in [5.74, 6) is 0.745. The van der Waals surface area contributed by atoms with Gasteiger partial charge in [0.25, 0.3) is 5.91 Å². The summed E-state index contributed by atoms with van der Waals surface area (Å²) >= 11 is 0. The van der Waals surface area contributed by atoms with Crippen molar-refractivity contribution in [3.8, 4) is 11.5 Å². The molecule has 0 aliphatic rings. The molecule has 0 saturated heterocycles. The standard InChI is InChI=1S/C22H21N3O4/c1-14(26)15-5-4-6-16(11-15)24-18-7-9-19(23-13-18)22(27)25-17-8-10-20(28-2)21(12-17)29-3/h4-13,24H,1-3H3,(H,25,27). The highest BCUT2D eigenvalue weighted by molar-refractivity contribution is 6.03. The van der Waals surface area contributed by atoms with Crippen LogP contribution in [0, 0.1) is 0 Å². The third-order valence-corrected chi connectivity index (χ3v) is 4.20. The lowest BCUT2D eigenvalue weighted by molar-refractivity contribution is 0.101. The number of nitrogens with zero attached hydrogens (tertiary/aromatic N) is 1. The number of hydrogen-bond acceptors (Lipinski definition) is 6. The Bertz CT molecular complexity index is 1030. The van der Waals surface area contributed by atoms with Crippen molar-refractivity contribution in [2.45, 2.75) is 6.92 Å². The highest BCUT2D eigenvalue weighted by Crippen LogP contribution is 2.29. The summed E-state index contributed by atoms with van der Waals surface area (Å²) in [4.78, 5) is 28.2. The first-order valence-electron chi connectivity index (χ1n) is 8.87. The quantitative estimate of drug-likeness (QED) is 0.584. The highest BCUT2D eigenvalue weighted by Gasteiger charge is 2.11. The van der Waals surface area contributed by atoms with E-state index in [-0.39, 0.29) is 17.4 Å². The van der Waals surface area contributed by atoms with Crippen LogP contribution in [-0.2, 0) is 0 Å². The minimum absolute atomic E-state index is 0.00560. The number of methoxy groups -OCH3 is 2. The van der Waals surface area contributed by atoms with Gasteiger partial charge in [-0.05, 0) is 43.3 Å². The predicted molar refractivity (Wildman–Crippen MR) is 111 cm³/mol. The zero-order valence-corrected chi connectivity index (χ0v) is 16.4. The van der Waals surface area contributed by atoms with Crippen molar-refractivity contribution in [3.05, 3.63) is 72.1 Å². The molecule has 0 atom stereocenters. The summed E-state index contributed by atoms with van der Waals surface area (Å²) < 4.78 is 10.4. The molecule has 0 fully saturated rings. The Kier molecular flexibility index (Phi) is 6.09. The number of aromatic nitrogens is 1. The number of pyridine rings is 1. The molecule has 1 aromatic heterocycles. The number of ether oxygens (including phenoxy) is 2. The number of benzene rings is 2. The van der Waals surface area contributed by atoms with Gasteiger partial charge < -0.3 is 20.1 Å². The Labute approximate surface area is 168 Å². The smallest absolute Gasteiger partial charge is 0.274 e. The van der Waals surface area contributed by atoms with Crippen molar-refractivity contribution >= 4 is 28.8 Å². The molecule has 0 unspecified atom stereocenters. The largest absolute Gasteiger partial charge is 0.493 e. The Balaban J connectivity index is 1.69. The Morgan fingerprint density at radius 3 is 2.28 bits per heavy atom. The summed E-state index contributed by atoms with van der Waals surface area (Å²) in [6.45, 7) is 1.52. The molecule has 0 aliphatic heterocycles. The van der Waals surface area contributed by atoms with E-state index in [1.807, 2.05) is 6.07 Å². The lowest BCUT2D eigenvalue weighted by Crippen LogP contribution is -2.13. The zero-order valence-electron chi connectivity index (χ0n) is 16.4. The van der Waals surface area contributed by atoms with Crippen LogP contribution in [0.15, 0.2) is 60.8 Å². The molecule has 29 heavy (non-hydrogen) atoms. The number of Topliss-reactive ketones (excluding diaryl/α,β-unsaturated/α-hetero) is 1. The van der Waals surface area contributed by atoms with E-state index in [1.165, 1.54) is 14.0 Å². The molecule has 7 nitrogen and oxygen atoms in total. The number of nitrogens with one attached hydrogen (secondary N) is 2. The van der Waals surface area contributed by atoms with Crippen LogP contribution in [0.25, 0.3) is 0 Å². The Morgan fingerprint density at radius 1 is 0.862 bits per heavy atom. The van der Waals surface area contributed by atoms with Crippen molar-refractivity contribution in [1.82, 2.24) is 4.98 Å². The van der Waals surface area contributed by atoms with Crippen molar-refractivity contribution in [2.24, 2.45) is 0 Å². The first-order valence-corrected chi connectivity index (χ1v) is 8.87. The Morgan fingerprint density at radius 2 is 1.62 bits per heavy atom. The molecular formula is C22H21N3O4. The molecular weight excluding hydrogens is 370 g/mol. The van der Waals surface area contributed by atoms with Gasteiger partial charge in [0.1, 0.15) is 5.69 Å². The summed E-state index contributed by atoms with van der Waals surface area (Å²) in [6, 6.07) is 15.6. The zero-order chi connectivity index (χ0) is 20.8. The van der Waals surface area contributed by atoms with Gasteiger partial charge in [0.2, 0.25) is 0 Å². The van der Waals surface area contributed by atoms with E-state index >= 15 is 0 Å². The number of carbonyl (C=O) groups excluding carboxylic acids is 2. The van der Waals surface area contributed by atoms with Gasteiger partial charge in [0.05, 0.1) is 26.1 Å². The molecule has 0 spiro atoms. The SMILES string of the molecule is COc1ccc(NC(=O)c2ccc(Nc3cccc(C(C)=O)c3)cn2)cc1OC. The van der Waals surface area contributed by atoms with Crippen LogP contribution in [0.4, 0.5) is 17.1 Å². The van der Waals surface area contributed by atoms with Crippen LogP contribution in [0.2, 0.25) is 0 Å². The molecule has 148 valence electrons. The number of ketones is 1. The second-order valence-electron chi connectivity index (χ2n) is 6.22. The van der Waals surface area contributed by atoms with Crippen LogP contribution in [0.5, 0.6) is 11.5 Å². The van der Waals surface area contributed by atoms with Gasteiger partial charge in [-0.15, -0.1) is 0 Å². The van der Waals surface area contributed by atoms with Crippen molar-refractivity contribution in [2.75, 3.05) is 24.9 Å². The van der Waals surface area contributed by atoms with E-state index in [0.29, 0.717) is 28.4 Å². The van der Waals surface area contributed by atoms with Gasteiger partial charge in [-0.3, -0.25) is 9.59 Å². The summed E-state index contributed by atoms with van der Waals surface area (Å²) in [5, 5.41) is 5.94. The molecule has 1 heterocycles. The van der Waals surface area contributed by atoms with Gasteiger partial charge in [-0.1, -0.05) is 12.1 Å². The Hall–Kier alpha value is -3.87. The number of hydrogen-bond donors (Lipinski definition) is 2. The van der Waals surface area contributed by atoms with Gasteiger partial charge in [-0.2, -0.15) is 0 Å². The first-order chi connectivity index (χ1) is 14.0. The minimum Gasteiger partial charge on any atom is -0.493 e. The van der Waals surface area contributed by atoms with Crippen LogP contribution in [0.1, 0.15) is 27.8 Å². The number of carbonyl (C=O) groups is 2. The lowest BCUT2D eigenvalue weighted by atomic mass is 10.1. The second-order valence-corrected chi connectivity index (χ2v) is 6.22. The fourth-order valence-corrected chi connectivity index (χ4v) is 2.69. The normalized spacial score (nSPS) is 10.2. The van der Waals surface area contributed by atoms with E-state index < -0.39 is 0 Å². The fraction of sp³-hybridized carbons (Fsp3) is 0.136. The average Bonchev–Trinajstić information content (AvgIpc) is 2.74.